The van der Waals surface area contributed by atoms with Crippen molar-refractivity contribution in [1.82, 2.24) is 0 Å². The molecule has 0 saturated carbocycles. The van der Waals surface area contributed by atoms with Gasteiger partial charge in [0.2, 0.25) is 5.78 Å². The predicted molar refractivity (Wildman–Crippen MR) is 39.5 cm³/mol. The summed E-state index contributed by atoms with van der Waals surface area (Å²) in [6.45, 7) is 0. The molecule has 0 bridgehead atoms. The van der Waals surface area contributed by atoms with E-state index < -0.39 is 34.8 Å². The van der Waals surface area contributed by atoms with Gasteiger partial charge in [-0.15, -0.1) is 0 Å². The fourth-order valence-corrected chi connectivity index (χ4v) is 1.47. The molecule has 14 heavy (non-hydrogen) atoms. The van der Waals surface area contributed by atoms with Gasteiger partial charge >= 0.3 is 5.92 Å². The lowest BCUT2D eigenvalue weighted by atomic mass is 10.1. The maximum absolute atomic E-state index is 13.0. The monoisotopic (exact) mass is 204 g/mol. The van der Waals surface area contributed by atoms with Crippen LogP contribution in [0.1, 0.15) is 22.1 Å². The van der Waals surface area contributed by atoms with E-state index in [2.05, 4.69) is 0 Å². The quantitative estimate of drug-likeness (QED) is 0.594. The molecule has 1 aliphatic rings. The van der Waals surface area contributed by atoms with E-state index in [1.807, 2.05) is 0 Å². The van der Waals surface area contributed by atoms with Gasteiger partial charge in [0, 0.05) is 11.1 Å². The molecule has 0 radical (unpaired) electrons. The number of Topliss-reactive ketones (excluding diaryl/α,β-unsaturated/α-hetero) is 1. The van der Waals surface area contributed by atoms with Gasteiger partial charge in [-0.2, -0.15) is 8.78 Å². The second-order valence-corrected chi connectivity index (χ2v) is 3.02. The average molecular weight is 204 g/mol. The minimum atomic E-state index is -4.13. The molecular formula is C9H4F4O. The number of halogens is 4. The molecule has 1 nitrogen and oxygen atoms in total. The maximum Gasteiger partial charge on any atom is 0.344 e. The van der Waals surface area contributed by atoms with Crippen molar-refractivity contribution in [1.29, 1.82) is 0 Å². The molecule has 1 unspecified atom stereocenters. The number of rotatable bonds is 0. The van der Waals surface area contributed by atoms with Crippen LogP contribution in [0.4, 0.5) is 17.6 Å². The van der Waals surface area contributed by atoms with E-state index in [0.29, 0.717) is 0 Å². The number of fused-ring (bicyclic) bond motifs is 1. The Balaban J connectivity index is 2.71. The summed E-state index contributed by atoms with van der Waals surface area (Å²) in [5, 5.41) is 0. The molecule has 0 aliphatic heterocycles. The third-order valence-electron chi connectivity index (χ3n) is 2.17. The maximum atomic E-state index is 13.0. The van der Waals surface area contributed by atoms with Crippen molar-refractivity contribution in [3.63, 3.8) is 0 Å². The van der Waals surface area contributed by atoms with Gasteiger partial charge in [0.25, 0.3) is 0 Å². The first-order valence-electron chi connectivity index (χ1n) is 3.81. The van der Waals surface area contributed by atoms with E-state index in [0.717, 1.165) is 18.2 Å². The Morgan fingerprint density at radius 2 is 1.93 bits per heavy atom. The highest BCUT2D eigenvalue weighted by molar-refractivity contribution is 6.06. The van der Waals surface area contributed by atoms with Crippen LogP contribution in [-0.2, 0) is 0 Å². The average Bonchev–Trinajstić information content (AvgIpc) is 2.30. The van der Waals surface area contributed by atoms with Crippen LogP contribution in [0.2, 0.25) is 0 Å². The zero-order valence-electron chi connectivity index (χ0n) is 6.73. The highest BCUT2D eigenvalue weighted by Gasteiger charge is 2.57. The summed E-state index contributed by atoms with van der Waals surface area (Å²) in [6.07, 6.45) is -2.87. The Bertz CT molecular complexity index is 413. The molecule has 0 saturated heterocycles. The fraction of sp³-hybridized carbons (Fsp3) is 0.222. The van der Waals surface area contributed by atoms with E-state index in [1.54, 1.807) is 0 Å². The summed E-state index contributed by atoms with van der Waals surface area (Å²) in [7, 11) is 0. The number of carbonyl (C=O) groups excluding carboxylic acids is 1. The minimum Gasteiger partial charge on any atom is -0.287 e. The van der Waals surface area contributed by atoms with E-state index in [4.69, 9.17) is 0 Å². The SMILES string of the molecule is O=C1c2cccc(F)c2C(F)C1(F)F. The molecule has 1 aromatic carbocycles. The standard InChI is InChI=1S/C9H4F4O/c10-5-3-1-2-4-6(5)7(11)9(12,13)8(4)14/h1-3,7H. The number of hydrogen-bond acceptors (Lipinski definition) is 1. The number of carbonyl (C=O) groups is 1. The van der Waals surface area contributed by atoms with Crippen LogP contribution in [0.5, 0.6) is 0 Å². The Morgan fingerprint density at radius 1 is 1.29 bits per heavy atom. The molecule has 1 aliphatic carbocycles. The van der Waals surface area contributed by atoms with Gasteiger partial charge in [0.05, 0.1) is 0 Å². The fourth-order valence-electron chi connectivity index (χ4n) is 1.47. The molecule has 74 valence electrons. The van der Waals surface area contributed by atoms with Gasteiger partial charge < -0.3 is 0 Å². The zero-order chi connectivity index (χ0) is 10.5. The molecule has 1 aromatic rings. The topological polar surface area (TPSA) is 17.1 Å². The number of alkyl halides is 3. The molecule has 0 amide bonds. The van der Waals surface area contributed by atoms with Crippen LogP contribution < -0.4 is 0 Å². The molecule has 2 rings (SSSR count). The molecule has 0 N–H and O–H groups in total. The van der Waals surface area contributed by atoms with Crippen LogP contribution in [0.25, 0.3) is 0 Å². The third-order valence-corrected chi connectivity index (χ3v) is 2.17. The summed E-state index contributed by atoms with van der Waals surface area (Å²) in [5.74, 6) is -6.90. The highest BCUT2D eigenvalue weighted by Crippen LogP contribution is 2.46. The van der Waals surface area contributed by atoms with E-state index in [9.17, 15) is 22.4 Å². The second kappa shape index (κ2) is 2.56. The van der Waals surface area contributed by atoms with Crippen molar-refractivity contribution < 1.29 is 22.4 Å². The Labute approximate surface area is 76.3 Å². The van der Waals surface area contributed by atoms with Gasteiger partial charge in [-0.05, 0) is 6.07 Å². The minimum absolute atomic E-state index is 0.567. The van der Waals surface area contributed by atoms with Crippen molar-refractivity contribution >= 4 is 5.78 Å². The lowest BCUT2D eigenvalue weighted by Crippen LogP contribution is -2.26. The van der Waals surface area contributed by atoms with Gasteiger partial charge in [-0.3, -0.25) is 4.79 Å². The molecule has 1 atom stereocenters. The molecule has 0 aromatic heterocycles. The first-order valence-corrected chi connectivity index (χ1v) is 3.81. The Kier molecular flexibility index (Phi) is 1.68. The van der Waals surface area contributed by atoms with Crippen molar-refractivity contribution in [3.05, 3.63) is 35.1 Å². The number of hydrogen-bond donors (Lipinski definition) is 0. The van der Waals surface area contributed by atoms with Crippen molar-refractivity contribution in [2.75, 3.05) is 0 Å². The summed E-state index contributed by atoms with van der Waals surface area (Å²) in [6, 6.07) is 2.94. The lowest BCUT2D eigenvalue weighted by molar-refractivity contribution is -0.0372. The molecule has 0 fully saturated rings. The summed E-state index contributed by atoms with van der Waals surface area (Å²) < 4.78 is 51.6. The molecular weight excluding hydrogens is 200 g/mol. The number of ketones is 1. The lowest BCUT2D eigenvalue weighted by Gasteiger charge is -2.09. The molecule has 0 spiro atoms. The second-order valence-electron chi connectivity index (χ2n) is 3.02. The van der Waals surface area contributed by atoms with Crippen molar-refractivity contribution in [3.8, 4) is 0 Å². The largest absolute Gasteiger partial charge is 0.344 e. The van der Waals surface area contributed by atoms with Crippen LogP contribution >= 0.6 is 0 Å². The summed E-state index contributed by atoms with van der Waals surface area (Å²) >= 11 is 0. The van der Waals surface area contributed by atoms with E-state index >= 15 is 0 Å². The van der Waals surface area contributed by atoms with Gasteiger partial charge in [0.15, 0.2) is 6.17 Å². The van der Waals surface area contributed by atoms with E-state index in [1.165, 1.54) is 0 Å². The summed E-state index contributed by atoms with van der Waals surface area (Å²) in [4.78, 5) is 10.9. The highest BCUT2D eigenvalue weighted by atomic mass is 19.3. The van der Waals surface area contributed by atoms with Crippen molar-refractivity contribution in [2.45, 2.75) is 12.1 Å². The normalized spacial score (nSPS) is 23.7. The van der Waals surface area contributed by atoms with E-state index in [-0.39, 0.29) is 0 Å². The predicted octanol–water partition coefficient (Wildman–Crippen LogP) is 2.67. The van der Waals surface area contributed by atoms with Gasteiger partial charge in [-0.1, -0.05) is 12.1 Å². The third kappa shape index (κ3) is 0.921. The Hall–Kier alpha value is -1.39. The molecule has 5 heteroatoms. The number of benzene rings is 1. The summed E-state index contributed by atoms with van der Waals surface area (Å²) in [5.41, 5.74) is -1.40. The van der Waals surface area contributed by atoms with Gasteiger partial charge in [-0.25, -0.2) is 8.78 Å². The van der Waals surface area contributed by atoms with Crippen LogP contribution in [0, 0.1) is 5.82 Å². The van der Waals surface area contributed by atoms with Gasteiger partial charge in [0.1, 0.15) is 5.82 Å². The van der Waals surface area contributed by atoms with Crippen molar-refractivity contribution in [2.24, 2.45) is 0 Å². The first kappa shape index (κ1) is 9.18. The van der Waals surface area contributed by atoms with Crippen LogP contribution in [0.15, 0.2) is 18.2 Å². The van der Waals surface area contributed by atoms with Crippen LogP contribution in [0.3, 0.4) is 0 Å². The van der Waals surface area contributed by atoms with Crippen LogP contribution in [-0.4, -0.2) is 11.7 Å². The zero-order valence-corrected chi connectivity index (χ0v) is 6.73. The molecule has 0 heterocycles. The Morgan fingerprint density at radius 3 is 2.50 bits per heavy atom. The smallest absolute Gasteiger partial charge is 0.287 e. The first-order chi connectivity index (χ1) is 6.46.